The molecule has 1 atom stereocenters. The Kier molecular flexibility index (Phi) is 6.74. The zero-order valence-electron chi connectivity index (χ0n) is 20.0. The first-order chi connectivity index (χ1) is 16.7. The van der Waals surface area contributed by atoms with E-state index < -0.39 is 0 Å². The second-order valence-electron chi connectivity index (χ2n) is 9.04. The third-order valence-electron chi connectivity index (χ3n) is 7.10. The standard InChI is InChI=1S/C27H33N3O4/c1-32-25-10-8-18(16-26(25)33-2)24(30-11-13-34-14-12-30)17-28-27(31)19-7-9-23-21(15-19)20-5-3-4-6-22(20)29-23/h7-10,15-16,24,29H,3-6,11-14,17H2,1-2H3,(H,28,31). The van der Waals surface area contributed by atoms with Gasteiger partial charge >= 0.3 is 0 Å². The number of hydrogen-bond donors (Lipinski definition) is 2. The fraction of sp³-hybridized carbons (Fsp3) is 0.444. The Bertz CT molecular complexity index is 1170. The highest BCUT2D eigenvalue weighted by atomic mass is 16.5. The van der Waals surface area contributed by atoms with Crippen LogP contribution in [0, 0.1) is 0 Å². The molecule has 0 saturated carbocycles. The first-order valence-electron chi connectivity index (χ1n) is 12.1. The van der Waals surface area contributed by atoms with Crippen LogP contribution in [0.3, 0.4) is 0 Å². The van der Waals surface area contributed by atoms with Crippen LogP contribution < -0.4 is 14.8 Å². The van der Waals surface area contributed by atoms with E-state index in [1.54, 1.807) is 14.2 Å². The second-order valence-corrected chi connectivity index (χ2v) is 9.04. The summed E-state index contributed by atoms with van der Waals surface area (Å²) in [6, 6.07) is 12.0. The molecule has 0 spiro atoms. The van der Waals surface area contributed by atoms with Crippen LogP contribution in [0.4, 0.5) is 0 Å². The lowest BCUT2D eigenvalue weighted by atomic mass is 9.95. The van der Waals surface area contributed by atoms with Crippen molar-refractivity contribution in [3.05, 3.63) is 58.8 Å². The number of amides is 1. The monoisotopic (exact) mass is 463 g/mol. The molecule has 180 valence electrons. The van der Waals surface area contributed by atoms with Crippen molar-refractivity contribution < 1.29 is 19.0 Å². The number of benzene rings is 2. The Morgan fingerprint density at radius 3 is 2.65 bits per heavy atom. The number of hydrogen-bond acceptors (Lipinski definition) is 5. The Balaban J connectivity index is 1.37. The number of fused-ring (bicyclic) bond motifs is 3. The number of aromatic amines is 1. The number of methoxy groups -OCH3 is 2. The fourth-order valence-corrected chi connectivity index (χ4v) is 5.25. The first-order valence-corrected chi connectivity index (χ1v) is 12.1. The Hall–Kier alpha value is -3.03. The molecule has 1 aromatic heterocycles. The molecule has 0 radical (unpaired) electrons. The molecule has 34 heavy (non-hydrogen) atoms. The minimum Gasteiger partial charge on any atom is -0.493 e. The van der Waals surface area contributed by atoms with Crippen LogP contribution in [0.15, 0.2) is 36.4 Å². The van der Waals surface area contributed by atoms with Gasteiger partial charge in [0.2, 0.25) is 0 Å². The van der Waals surface area contributed by atoms with Gasteiger partial charge in [-0.2, -0.15) is 0 Å². The van der Waals surface area contributed by atoms with Gasteiger partial charge in [-0.05, 0) is 67.1 Å². The topological polar surface area (TPSA) is 75.8 Å². The van der Waals surface area contributed by atoms with Crippen LogP contribution in [0.25, 0.3) is 10.9 Å². The predicted octanol–water partition coefficient (Wildman–Crippen LogP) is 3.87. The van der Waals surface area contributed by atoms with E-state index in [2.05, 4.69) is 15.2 Å². The van der Waals surface area contributed by atoms with Crippen LogP contribution in [-0.2, 0) is 17.6 Å². The fourth-order valence-electron chi connectivity index (χ4n) is 5.25. The maximum absolute atomic E-state index is 13.2. The summed E-state index contributed by atoms with van der Waals surface area (Å²) < 4.78 is 16.5. The molecule has 1 saturated heterocycles. The quantitative estimate of drug-likeness (QED) is 0.556. The molecule has 1 amide bonds. The summed E-state index contributed by atoms with van der Waals surface area (Å²) in [7, 11) is 3.28. The highest BCUT2D eigenvalue weighted by molar-refractivity contribution is 5.99. The van der Waals surface area contributed by atoms with E-state index in [0.29, 0.717) is 36.8 Å². The lowest BCUT2D eigenvalue weighted by molar-refractivity contribution is 0.0162. The van der Waals surface area contributed by atoms with Crippen molar-refractivity contribution >= 4 is 16.8 Å². The smallest absolute Gasteiger partial charge is 0.251 e. The normalized spacial score (nSPS) is 17.2. The number of ether oxygens (including phenoxy) is 3. The molecule has 2 aliphatic rings. The van der Waals surface area contributed by atoms with Crippen molar-refractivity contribution in [2.75, 3.05) is 47.1 Å². The van der Waals surface area contributed by atoms with Crippen molar-refractivity contribution in [2.45, 2.75) is 31.7 Å². The molecule has 2 aromatic carbocycles. The van der Waals surface area contributed by atoms with Crippen LogP contribution >= 0.6 is 0 Å². The number of nitrogens with zero attached hydrogens (tertiary/aromatic N) is 1. The number of rotatable bonds is 7. The van der Waals surface area contributed by atoms with E-state index in [0.717, 1.165) is 37.0 Å². The minimum atomic E-state index is -0.0496. The Labute approximate surface area is 200 Å². The molecule has 1 aliphatic carbocycles. The summed E-state index contributed by atoms with van der Waals surface area (Å²) in [6.45, 7) is 3.50. The number of carbonyl (C=O) groups is 1. The molecule has 7 nitrogen and oxygen atoms in total. The summed E-state index contributed by atoms with van der Waals surface area (Å²) in [6.07, 6.45) is 4.62. The molecule has 1 aliphatic heterocycles. The lowest BCUT2D eigenvalue weighted by Gasteiger charge is -2.35. The third-order valence-corrected chi connectivity index (χ3v) is 7.10. The summed E-state index contributed by atoms with van der Waals surface area (Å²) in [4.78, 5) is 19.1. The first kappa shape index (κ1) is 22.7. The van der Waals surface area contributed by atoms with Crippen molar-refractivity contribution in [1.82, 2.24) is 15.2 Å². The largest absolute Gasteiger partial charge is 0.493 e. The van der Waals surface area contributed by atoms with Crippen LogP contribution in [-0.4, -0.2) is 62.9 Å². The van der Waals surface area contributed by atoms with Gasteiger partial charge in [0.15, 0.2) is 11.5 Å². The van der Waals surface area contributed by atoms with Crippen molar-refractivity contribution in [3.8, 4) is 11.5 Å². The zero-order valence-corrected chi connectivity index (χ0v) is 20.0. The molecule has 1 unspecified atom stereocenters. The van der Waals surface area contributed by atoms with Gasteiger partial charge in [-0.1, -0.05) is 6.07 Å². The average molecular weight is 464 g/mol. The molecular weight excluding hydrogens is 430 g/mol. The number of carbonyl (C=O) groups excluding carboxylic acids is 1. The van der Waals surface area contributed by atoms with Gasteiger partial charge < -0.3 is 24.5 Å². The summed E-state index contributed by atoms with van der Waals surface area (Å²) in [5.41, 5.74) is 5.62. The Morgan fingerprint density at radius 1 is 1.06 bits per heavy atom. The highest BCUT2D eigenvalue weighted by Crippen LogP contribution is 2.33. The number of aromatic nitrogens is 1. The second kappa shape index (κ2) is 10.1. The molecule has 5 rings (SSSR count). The van der Waals surface area contributed by atoms with Gasteiger partial charge in [0, 0.05) is 41.8 Å². The number of H-pyrrole nitrogens is 1. The average Bonchev–Trinajstić information content (AvgIpc) is 3.27. The van der Waals surface area contributed by atoms with Gasteiger partial charge in [0.1, 0.15) is 0 Å². The van der Waals surface area contributed by atoms with Crippen LogP contribution in [0.2, 0.25) is 0 Å². The molecule has 2 N–H and O–H groups in total. The van der Waals surface area contributed by atoms with Gasteiger partial charge in [0.05, 0.1) is 33.5 Å². The molecule has 1 fully saturated rings. The van der Waals surface area contributed by atoms with E-state index in [1.165, 1.54) is 29.5 Å². The predicted molar refractivity (Wildman–Crippen MR) is 132 cm³/mol. The minimum absolute atomic E-state index is 0.0106. The van der Waals surface area contributed by atoms with Gasteiger partial charge in [-0.25, -0.2) is 0 Å². The van der Waals surface area contributed by atoms with Gasteiger partial charge in [0.25, 0.3) is 5.91 Å². The summed E-state index contributed by atoms with van der Waals surface area (Å²) in [5, 5.41) is 4.38. The Morgan fingerprint density at radius 2 is 1.85 bits per heavy atom. The lowest BCUT2D eigenvalue weighted by Crippen LogP contribution is -2.43. The SMILES string of the molecule is COc1ccc(C(CNC(=O)c2ccc3[nH]c4c(c3c2)CCCC4)N2CCOCC2)cc1OC. The molecule has 7 heteroatoms. The number of aryl methyl sites for hydroxylation is 2. The zero-order chi connectivity index (χ0) is 23.5. The van der Waals surface area contributed by atoms with Gasteiger partial charge in [-0.15, -0.1) is 0 Å². The van der Waals surface area contributed by atoms with Crippen molar-refractivity contribution in [1.29, 1.82) is 0 Å². The van der Waals surface area contributed by atoms with E-state index in [1.807, 2.05) is 36.4 Å². The molecule has 3 aromatic rings. The summed E-state index contributed by atoms with van der Waals surface area (Å²) in [5.74, 6) is 1.33. The highest BCUT2D eigenvalue weighted by Gasteiger charge is 2.25. The maximum Gasteiger partial charge on any atom is 0.251 e. The molecule has 2 heterocycles. The van der Waals surface area contributed by atoms with E-state index in [9.17, 15) is 4.79 Å². The van der Waals surface area contributed by atoms with Gasteiger partial charge in [-0.3, -0.25) is 9.69 Å². The third kappa shape index (κ3) is 4.50. The number of morpholine rings is 1. The van der Waals surface area contributed by atoms with E-state index in [4.69, 9.17) is 14.2 Å². The van der Waals surface area contributed by atoms with Crippen molar-refractivity contribution in [3.63, 3.8) is 0 Å². The van der Waals surface area contributed by atoms with Crippen molar-refractivity contribution in [2.24, 2.45) is 0 Å². The van der Waals surface area contributed by atoms with Crippen LogP contribution in [0.5, 0.6) is 11.5 Å². The maximum atomic E-state index is 13.2. The van der Waals surface area contributed by atoms with E-state index in [-0.39, 0.29) is 11.9 Å². The molecular formula is C27H33N3O4. The van der Waals surface area contributed by atoms with E-state index >= 15 is 0 Å². The summed E-state index contributed by atoms with van der Waals surface area (Å²) >= 11 is 0. The number of nitrogens with one attached hydrogen (secondary N) is 2. The molecule has 0 bridgehead atoms. The van der Waals surface area contributed by atoms with Crippen LogP contribution in [0.1, 0.15) is 46.1 Å².